The minimum Gasteiger partial charge on any atom is -0.353 e. The summed E-state index contributed by atoms with van der Waals surface area (Å²) >= 11 is 7.54. The lowest BCUT2D eigenvalue weighted by molar-refractivity contribution is -0.148. The summed E-state index contributed by atoms with van der Waals surface area (Å²) in [6.07, 6.45) is 21.1. The van der Waals surface area contributed by atoms with E-state index in [-0.39, 0.29) is 6.29 Å². The fraction of sp³-hybridized carbons (Fsp3) is 0.487. The molecule has 0 aliphatic rings. The van der Waals surface area contributed by atoms with Crippen molar-refractivity contribution in [3.63, 3.8) is 0 Å². The van der Waals surface area contributed by atoms with Crippen LogP contribution < -0.4 is 15.9 Å². The van der Waals surface area contributed by atoms with E-state index in [2.05, 4.69) is 111 Å². The molecule has 0 saturated heterocycles. The van der Waals surface area contributed by atoms with Crippen LogP contribution in [0.15, 0.2) is 97.1 Å². The highest BCUT2D eigenvalue weighted by Crippen LogP contribution is 2.60. The van der Waals surface area contributed by atoms with Gasteiger partial charge in [-0.2, -0.15) is 0 Å². The van der Waals surface area contributed by atoms with Gasteiger partial charge in [0.1, 0.15) is 27.2 Å². The summed E-state index contributed by atoms with van der Waals surface area (Å²) in [6.45, 7) is 3.95. The van der Waals surface area contributed by atoms with E-state index in [1.54, 1.807) is 0 Å². The number of aryl methyl sites for hydroxylation is 1. The Labute approximate surface area is 268 Å². The first kappa shape index (κ1) is 35.5. The number of ether oxygens (including phenoxy) is 2. The molecule has 0 aromatic heterocycles. The molecule has 0 fully saturated rings. The van der Waals surface area contributed by atoms with E-state index in [1.165, 1.54) is 72.8 Å². The molecule has 43 heavy (non-hydrogen) atoms. The van der Waals surface area contributed by atoms with Gasteiger partial charge in [-0.3, -0.25) is 0 Å². The third-order valence-corrected chi connectivity index (χ3v) is 12.7. The van der Waals surface area contributed by atoms with Crippen LogP contribution in [0.2, 0.25) is 0 Å². The summed E-state index contributed by atoms with van der Waals surface area (Å²) in [5.74, 6) is 0. The highest BCUT2D eigenvalue weighted by Gasteiger charge is 2.44. The number of hydrogen-bond donors (Lipinski definition) is 0. The molecule has 0 atom stereocenters. The molecule has 0 N–H and O–H groups in total. The molecule has 4 heteroatoms. The lowest BCUT2D eigenvalue weighted by Gasteiger charge is -2.19. The van der Waals surface area contributed by atoms with Crippen LogP contribution in [0.4, 0.5) is 0 Å². The molecule has 3 aromatic rings. The molecular formula is C39H55ClO2P+. The highest BCUT2D eigenvalue weighted by atomic mass is 35.7. The normalized spacial score (nSPS) is 12.0. The van der Waals surface area contributed by atoms with Gasteiger partial charge in [0.15, 0.2) is 6.29 Å². The largest absolute Gasteiger partial charge is 0.353 e. The number of hydrogen-bond acceptors (Lipinski definition) is 2. The van der Waals surface area contributed by atoms with Gasteiger partial charge >= 0.3 is 0 Å². The zero-order chi connectivity index (χ0) is 30.4. The van der Waals surface area contributed by atoms with Crippen LogP contribution in [0.5, 0.6) is 0 Å². The van der Waals surface area contributed by atoms with Crippen molar-refractivity contribution in [3.8, 4) is 0 Å². The molecule has 0 aliphatic heterocycles. The molecule has 0 radical (unpaired) electrons. The monoisotopic (exact) mass is 621 g/mol. The molecule has 0 spiro atoms. The average Bonchev–Trinajstić information content (AvgIpc) is 3.06. The maximum atomic E-state index is 7.54. The van der Waals surface area contributed by atoms with E-state index >= 15 is 0 Å². The van der Waals surface area contributed by atoms with Crippen LogP contribution in [0, 0.1) is 0 Å². The second-order valence-corrected chi connectivity index (χ2v) is 15.8. The SMILES string of the molecule is CCCCCOC(CCCCC/C=C\CCCc1ccc([P+](Cl)(c2ccccc2)c2ccccc2)cc1)OCCCCC. The summed E-state index contributed by atoms with van der Waals surface area (Å²) in [7, 11) is 0. The molecule has 234 valence electrons. The summed E-state index contributed by atoms with van der Waals surface area (Å²) in [6, 6.07) is 30.2. The van der Waals surface area contributed by atoms with Gasteiger partial charge in [-0.05, 0) is 99.7 Å². The number of unbranched alkanes of at least 4 members (excludes halogenated alkanes) is 8. The fourth-order valence-corrected chi connectivity index (χ4v) is 8.97. The third kappa shape index (κ3) is 12.9. The minimum atomic E-state index is -2.17. The highest BCUT2D eigenvalue weighted by molar-refractivity contribution is 8.14. The maximum absolute atomic E-state index is 7.54. The predicted molar refractivity (Wildman–Crippen MR) is 191 cm³/mol. The molecule has 3 rings (SSSR count). The van der Waals surface area contributed by atoms with E-state index in [0.717, 1.165) is 51.7 Å². The average molecular weight is 622 g/mol. The summed E-state index contributed by atoms with van der Waals surface area (Å²) in [5.41, 5.74) is 1.38. The molecule has 3 aromatic carbocycles. The predicted octanol–water partition coefficient (Wildman–Crippen LogP) is 10.7. The van der Waals surface area contributed by atoms with E-state index in [9.17, 15) is 0 Å². The van der Waals surface area contributed by atoms with Crippen molar-refractivity contribution in [2.75, 3.05) is 13.2 Å². The third-order valence-electron chi connectivity index (χ3n) is 7.93. The molecule has 0 aliphatic carbocycles. The Morgan fingerprint density at radius 3 is 1.63 bits per heavy atom. The Morgan fingerprint density at radius 2 is 1.09 bits per heavy atom. The van der Waals surface area contributed by atoms with Gasteiger partial charge in [0.05, 0.1) is 0 Å². The van der Waals surface area contributed by atoms with Gasteiger partial charge in [0.2, 0.25) is 6.62 Å². The van der Waals surface area contributed by atoms with E-state index in [1.807, 2.05) is 0 Å². The van der Waals surface area contributed by atoms with Gasteiger partial charge in [0, 0.05) is 13.2 Å². The Bertz CT molecular complexity index is 1070. The first-order valence-corrected chi connectivity index (χ1v) is 19.6. The zero-order valence-corrected chi connectivity index (χ0v) is 28.4. The van der Waals surface area contributed by atoms with Crippen molar-refractivity contribution >= 4 is 33.8 Å². The van der Waals surface area contributed by atoms with Crippen LogP contribution in [0.25, 0.3) is 0 Å². The molecule has 0 saturated carbocycles. The minimum absolute atomic E-state index is 0.0160. The van der Waals surface area contributed by atoms with Gasteiger partial charge in [-0.15, -0.1) is 0 Å². The quantitative estimate of drug-likeness (QED) is 0.0454. The summed E-state index contributed by atoms with van der Waals surface area (Å²) < 4.78 is 12.1. The van der Waals surface area contributed by atoms with Crippen molar-refractivity contribution in [2.45, 2.75) is 110 Å². The van der Waals surface area contributed by atoms with E-state index < -0.39 is 6.62 Å². The fourth-order valence-electron chi connectivity index (χ4n) is 5.34. The lowest BCUT2D eigenvalue weighted by atomic mass is 10.1. The Balaban J connectivity index is 1.35. The molecule has 0 bridgehead atoms. The van der Waals surface area contributed by atoms with Crippen molar-refractivity contribution in [1.82, 2.24) is 0 Å². The van der Waals surface area contributed by atoms with Crippen molar-refractivity contribution < 1.29 is 9.47 Å². The number of halogens is 1. The maximum Gasteiger partial charge on any atom is 0.210 e. The van der Waals surface area contributed by atoms with Crippen molar-refractivity contribution in [3.05, 3.63) is 103 Å². The van der Waals surface area contributed by atoms with Crippen molar-refractivity contribution in [1.29, 1.82) is 0 Å². The molecule has 2 nitrogen and oxygen atoms in total. The van der Waals surface area contributed by atoms with Gasteiger partial charge in [-0.1, -0.05) is 107 Å². The second-order valence-electron chi connectivity index (χ2n) is 11.5. The number of allylic oxidation sites excluding steroid dienone is 2. The van der Waals surface area contributed by atoms with Crippen LogP contribution >= 0.6 is 17.9 Å². The van der Waals surface area contributed by atoms with Gasteiger partial charge in [0.25, 0.3) is 0 Å². The molecular weight excluding hydrogens is 567 g/mol. The Kier molecular flexibility index (Phi) is 17.9. The Morgan fingerprint density at radius 1 is 0.581 bits per heavy atom. The molecule has 0 unspecified atom stereocenters. The molecule has 0 heterocycles. The van der Waals surface area contributed by atoms with Crippen LogP contribution in [-0.2, 0) is 15.9 Å². The summed E-state index contributed by atoms with van der Waals surface area (Å²) in [5, 5.41) is 3.62. The van der Waals surface area contributed by atoms with Crippen LogP contribution in [-0.4, -0.2) is 19.5 Å². The topological polar surface area (TPSA) is 18.5 Å². The standard InChI is InChI=1S/C39H55ClO2P/c1-3-5-21-33-41-39(42-34-22-6-4-2)28-20-12-10-8-7-9-11-15-23-35-29-31-38(32-30-35)43(40,36-24-16-13-17-25-36)37-26-18-14-19-27-37/h7,9,13-14,16-19,24-27,29-32,39H,3-6,8,10-12,15,20-23,28,33-34H2,1-2H3/q+1/b9-7-. The van der Waals surface area contributed by atoms with Crippen LogP contribution in [0.1, 0.15) is 103 Å². The van der Waals surface area contributed by atoms with Gasteiger partial charge < -0.3 is 9.47 Å². The summed E-state index contributed by atoms with van der Waals surface area (Å²) in [4.78, 5) is 0. The molecule has 0 amide bonds. The van der Waals surface area contributed by atoms with Crippen molar-refractivity contribution in [2.24, 2.45) is 0 Å². The van der Waals surface area contributed by atoms with E-state index in [0.29, 0.717) is 0 Å². The lowest BCUT2D eigenvalue weighted by Crippen LogP contribution is -2.27. The number of benzene rings is 3. The smallest absolute Gasteiger partial charge is 0.210 e. The van der Waals surface area contributed by atoms with E-state index in [4.69, 9.17) is 20.7 Å². The first-order valence-electron chi connectivity index (χ1n) is 16.9. The zero-order valence-electron chi connectivity index (χ0n) is 26.8. The Hall–Kier alpha value is -1.96. The van der Waals surface area contributed by atoms with Gasteiger partial charge in [-0.25, -0.2) is 0 Å². The first-order chi connectivity index (χ1) is 21.2. The number of rotatable bonds is 23. The second kappa shape index (κ2) is 21.7. The van der Waals surface area contributed by atoms with Crippen LogP contribution in [0.3, 0.4) is 0 Å².